The summed E-state index contributed by atoms with van der Waals surface area (Å²) in [6.07, 6.45) is -0.294. The quantitative estimate of drug-likeness (QED) is 0.323. The van der Waals surface area contributed by atoms with Gasteiger partial charge in [0, 0.05) is 35.8 Å². The Morgan fingerprint density at radius 1 is 1.21 bits per heavy atom. The lowest BCUT2D eigenvalue weighted by atomic mass is 9.76. The summed E-state index contributed by atoms with van der Waals surface area (Å²) in [5, 5.41) is 17.2. The Morgan fingerprint density at radius 3 is 2.62 bits per heavy atom. The Balaban J connectivity index is 1.69. The molecule has 0 aliphatic carbocycles. The first-order valence-corrected chi connectivity index (χ1v) is 10.4. The third-order valence-corrected chi connectivity index (χ3v) is 6.66. The summed E-state index contributed by atoms with van der Waals surface area (Å²) in [6, 6.07) is 9.38. The Morgan fingerprint density at radius 2 is 1.94 bits per heavy atom. The molecule has 0 bridgehead atoms. The van der Waals surface area contributed by atoms with Crippen LogP contribution < -0.4 is 26.0 Å². The van der Waals surface area contributed by atoms with Crippen LogP contribution in [0.3, 0.4) is 0 Å². The summed E-state index contributed by atoms with van der Waals surface area (Å²) in [6.45, 7) is 0. The highest BCUT2D eigenvalue weighted by Gasteiger charge is 2.70. The number of para-hydroxylation sites is 1. The van der Waals surface area contributed by atoms with Crippen molar-refractivity contribution in [2.24, 2.45) is 17.6 Å². The van der Waals surface area contributed by atoms with Crippen molar-refractivity contribution in [2.45, 2.75) is 18.0 Å². The van der Waals surface area contributed by atoms with E-state index in [2.05, 4.69) is 10.6 Å². The fourth-order valence-electron chi connectivity index (χ4n) is 5.35. The molecule has 2 aromatic rings. The van der Waals surface area contributed by atoms with E-state index in [1.165, 1.54) is 19.2 Å². The molecule has 12 heteroatoms. The molecule has 12 nitrogen and oxygen atoms in total. The van der Waals surface area contributed by atoms with Crippen LogP contribution in [-0.4, -0.2) is 41.7 Å². The molecule has 2 fully saturated rings. The number of nitrogens with one attached hydrogen (secondary N) is 2. The number of carbonyl (C=O) groups is 4. The third-order valence-electron chi connectivity index (χ3n) is 6.66. The third kappa shape index (κ3) is 2.75. The fourth-order valence-corrected chi connectivity index (χ4v) is 5.35. The van der Waals surface area contributed by atoms with Crippen LogP contribution in [0.4, 0.5) is 17.1 Å². The molecule has 0 aromatic heterocycles. The van der Waals surface area contributed by atoms with Gasteiger partial charge in [0.2, 0.25) is 23.6 Å². The molecule has 4 amide bonds. The van der Waals surface area contributed by atoms with E-state index in [0.29, 0.717) is 11.3 Å². The monoisotopic (exact) mass is 465 g/mol. The van der Waals surface area contributed by atoms with E-state index in [1.807, 2.05) is 0 Å². The number of primary amides is 1. The molecule has 2 saturated heterocycles. The predicted octanol–water partition coefficient (Wildman–Crippen LogP) is 0.404. The maximum absolute atomic E-state index is 13.8. The molecule has 0 radical (unpaired) electrons. The molecule has 4 N–H and O–H groups in total. The van der Waals surface area contributed by atoms with Crippen molar-refractivity contribution in [3.63, 3.8) is 0 Å². The minimum absolute atomic E-state index is 0.0667. The summed E-state index contributed by atoms with van der Waals surface area (Å²) in [4.78, 5) is 64.1. The number of fused-ring (bicyclic) bond motifs is 4. The van der Waals surface area contributed by atoms with Gasteiger partial charge in [0.1, 0.15) is 17.0 Å². The van der Waals surface area contributed by atoms with Crippen LogP contribution >= 0.6 is 0 Å². The number of anilines is 2. The molecule has 1 spiro atoms. The van der Waals surface area contributed by atoms with Crippen LogP contribution in [0.15, 0.2) is 42.5 Å². The number of nitrogens with zero attached hydrogens (tertiary/aromatic N) is 2. The predicted molar refractivity (Wildman–Crippen MR) is 117 cm³/mol. The summed E-state index contributed by atoms with van der Waals surface area (Å²) in [5.74, 6) is -4.95. The van der Waals surface area contributed by atoms with Gasteiger partial charge in [-0.25, -0.2) is 4.90 Å². The average Bonchev–Trinajstić information content (AvgIpc) is 3.37. The minimum atomic E-state index is -1.61. The summed E-state index contributed by atoms with van der Waals surface area (Å²) < 4.78 is 5.26. The lowest BCUT2D eigenvalue weighted by molar-refractivity contribution is -0.384. The normalized spacial score (nSPS) is 27.0. The Hall–Kier alpha value is -4.32. The average molecular weight is 465 g/mol. The zero-order valence-corrected chi connectivity index (χ0v) is 17.8. The highest BCUT2D eigenvalue weighted by atomic mass is 16.6. The number of ether oxygens (including phenoxy) is 1. The molecule has 174 valence electrons. The molecule has 3 aliphatic heterocycles. The van der Waals surface area contributed by atoms with E-state index < -0.39 is 52.0 Å². The Bertz CT molecular complexity index is 1290. The molecule has 3 heterocycles. The number of amides is 4. The smallest absolute Gasteiger partial charge is 0.271 e. The first kappa shape index (κ1) is 21.5. The molecule has 0 saturated carbocycles. The van der Waals surface area contributed by atoms with Crippen molar-refractivity contribution >= 4 is 40.7 Å². The van der Waals surface area contributed by atoms with Crippen molar-refractivity contribution < 1.29 is 28.8 Å². The van der Waals surface area contributed by atoms with Crippen molar-refractivity contribution in [1.29, 1.82) is 0 Å². The van der Waals surface area contributed by atoms with Gasteiger partial charge in [-0.15, -0.1) is 0 Å². The second-order valence-electron chi connectivity index (χ2n) is 8.36. The number of hydrogen-bond donors (Lipinski definition) is 3. The van der Waals surface area contributed by atoms with Crippen LogP contribution in [0, 0.1) is 22.0 Å². The molecule has 5 rings (SSSR count). The molecule has 34 heavy (non-hydrogen) atoms. The van der Waals surface area contributed by atoms with Gasteiger partial charge in [0.05, 0.1) is 23.9 Å². The van der Waals surface area contributed by atoms with Crippen molar-refractivity contribution in [3.05, 3.63) is 58.1 Å². The van der Waals surface area contributed by atoms with Gasteiger partial charge in [-0.3, -0.25) is 34.6 Å². The van der Waals surface area contributed by atoms with Crippen molar-refractivity contribution in [2.75, 3.05) is 17.3 Å². The van der Waals surface area contributed by atoms with Crippen LogP contribution in [0.5, 0.6) is 5.75 Å². The maximum atomic E-state index is 13.8. The van der Waals surface area contributed by atoms with Gasteiger partial charge in [-0.05, 0) is 12.1 Å². The number of imide groups is 1. The number of rotatable bonds is 5. The number of nitrogens with two attached hydrogens (primary N) is 1. The summed E-state index contributed by atoms with van der Waals surface area (Å²) in [7, 11) is 1.30. The molecular formula is C22H19N5O7. The topological polar surface area (TPSA) is 174 Å². The molecule has 4 atom stereocenters. The fraction of sp³-hybridized carbons (Fsp3) is 0.273. The van der Waals surface area contributed by atoms with E-state index in [0.717, 1.165) is 11.0 Å². The van der Waals surface area contributed by atoms with Crippen LogP contribution in [-0.2, 0) is 24.7 Å². The standard InChI is InChI=1S/C22H19N5O7/c1-34-15-7-6-10(27(32)33)8-14(15)26-19(29)17-13(9-16(23)28)25-22(18(17)20(26)30)11-4-2-3-5-12(11)24-21(22)31/h2-8,13,17-18,25H,9H2,1H3,(H2,23,28)(H,24,31)/t13-,17+,18+,22-/m0/s1. The minimum Gasteiger partial charge on any atom is -0.495 e. The van der Waals surface area contributed by atoms with Gasteiger partial charge < -0.3 is 15.8 Å². The molecule has 2 aromatic carbocycles. The SMILES string of the molecule is COc1ccc([N+](=O)[O-])cc1N1C(=O)[C@@H]2[C@H](CC(N)=O)N[C@]3(C(=O)Nc4ccccc43)[C@H]2C1=O. The van der Waals surface area contributed by atoms with Crippen molar-refractivity contribution in [1.82, 2.24) is 5.32 Å². The zero-order valence-electron chi connectivity index (χ0n) is 17.8. The number of nitro benzene ring substituents is 1. The van der Waals surface area contributed by atoms with Crippen LogP contribution in [0.25, 0.3) is 0 Å². The number of non-ortho nitro benzene ring substituents is 1. The highest BCUT2D eigenvalue weighted by Crippen LogP contribution is 2.54. The van der Waals surface area contributed by atoms with Gasteiger partial charge in [0.15, 0.2) is 0 Å². The highest BCUT2D eigenvalue weighted by molar-refractivity contribution is 6.26. The van der Waals surface area contributed by atoms with E-state index in [4.69, 9.17) is 10.5 Å². The van der Waals surface area contributed by atoms with Crippen LogP contribution in [0.2, 0.25) is 0 Å². The second-order valence-corrected chi connectivity index (χ2v) is 8.36. The Kier molecular flexibility index (Phi) is 4.65. The van der Waals surface area contributed by atoms with E-state index in [9.17, 15) is 29.3 Å². The number of carbonyl (C=O) groups excluding carboxylic acids is 4. The first-order valence-electron chi connectivity index (χ1n) is 10.4. The molecule has 3 aliphatic rings. The van der Waals surface area contributed by atoms with Gasteiger partial charge in [-0.2, -0.15) is 0 Å². The van der Waals surface area contributed by atoms with Gasteiger partial charge in [-0.1, -0.05) is 18.2 Å². The Labute approximate surface area is 192 Å². The summed E-state index contributed by atoms with van der Waals surface area (Å²) in [5.41, 5.74) is 4.28. The number of methoxy groups -OCH3 is 1. The van der Waals surface area contributed by atoms with Crippen molar-refractivity contribution in [3.8, 4) is 5.75 Å². The number of benzene rings is 2. The van der Waals surface area contributed by atoms with Gasteiger partial charge in [0.25, 0.3) is 5.69 Å². The molecule has 0 unspecified atom stereocenters. The van der Waals surface area contributed by atoms with E-state index >= 15 is 0 Å². The van der Waals surface area contributed by atoms with E-state index in [-0.39, 0.29) is 23.5 Å². The first-order chi connectivity index (χ1) is 16.2. The maximum Gasteiger partial charge on any atom is 0.271 e. The van der Waals surface area contributed by atoms with Gasteiger partial charge >= 0.3 is 0 Å². The number of hydrogen-bond acceptors (Lipinski definition) is 8. The lowest BCUT2D eigenvalue weighted by Crippen LogP contribution is -2.53. The molecular weight excluding hydrogens is 446 g/mol. The largest absolute Gasteiger partial charge is 0.495 e. The number of nitro groups is 1. The summed E-state index contributed by atoms with van der Waals surface area (Å²) >= 11 is 0. The van der Waals surface area contributed by atoms with E-state index in [1.54, 1.807) is 24.3 Å². The van der Waals surface area contributed by atoms with Crippen LogP contribution in [0.1, 0.15) is 12.0 Å². The second kappa shape index (κ2) is 7.35. The zero-order chi connectivity index (χ0) is 24.4. The lowest BCUT2D eigenvalue weighted by Gasteiger charge is -2.29.